The van der Waals surface area contributed by atoms with Crippen LogP contribution in [0.1, 0.15) is 20.1 Å². The van der Waals surface area contributed by atoms with Gasteiger partial charge < -0.3 is 9.64 Å². The molecule has 2 rings (SSSR count). The first-order chi connectivity index (χ1) is 10.0. The van der Waals surface area contributed by atoms with Crippen molar-refractivity contribution < 1.29 is 9.53 Å². The fourth-order valence-electron chi connectivity index (χ4n) is 2.04. The number of methoxy groups -OCH3 is 1. The number of ether oxygens (including phenoxy) is 1. The minimum atomic E-state index is -0.249. The van der Waals surface area contributed by atoms with Crippen molar-refractivity contribution in [3.8, 4) is 5.75 Å². The molecular formula is C15H19N3O2S. The van der Waals surface area contributed by atoms with Crippen molar-refractivity contribution in [2.45, 2.75) is 13.5 Å². The third-order valence-corrected chi connectivity index (χ3v) is 4.39. The smallest absolute Gasteiger partial charge is 0.275 e. The number of nitrogens with zero attached hydrogens (tertiary/aromatic N) is 1. The average Bonchev–Trinajstić information content (AvgIpc) is 2.87. The van der Waals surface area contributed by atoms with E-state index in [1.807, 2.05) is 44.3 Å². The zero-order valence-corrected chi connectivity index (χ0v) is 13.2. The van der Waals surface area contributed by atoms with Crippen molar-refractivity contribution in [2.24, 2.45) is 5.84 Å². The number of carbonyl (C=O) groups is 1. The number of hydrazine groups is 1. The molecule has 0 saturated carbocycles. The van der Waals surface area contributed by atoms with Crippen molar-refractivity contribution in [1.29, 1.82) is 0 Å². The molecule has 21 heavy (non-hydrogen) atoms. The molecule has 6 heteroatoms. The maximum atomic E-state index is 11.6. The van der Waals surface area contributed by atoms with Crippen LogP contribution in [-0.2, 0) is 6.54 Å². The van der Waals surface area contributed by atoms with Gasteiger partial charge in [0, 0.05) is 24.2 Å². The number of hydrogen-bond donors (Lipinski definition) is 2. The van der Waals surface area contributed by atoms with Gasteiger partial charge in [0.1, 0.15) is 5.75 Å². The van der Waals surface area contributed by atoms with E-state index in [2.05, 4.69) is 10.3 Å². The quantitative estimate of drug-likeness (QED) is 0.505. The van der Waals surface area contributed by atoms with E-state index in [0.29, 0.717) is 4.88 Å². The molecular weight excluding hydrogens is 286 g/mol. The van der Waals surface area contributed by atoms with Gasteiger partial charge in [-0.15, -0.1) is 11.3 Å². The molecule has 1 heterocycles. The number of nitrogen functional groups attached to an aromatic ring is 1. The number of hydrogen-bond acceptors (Lipinski definition) is 5. The second kappa shape index (κ2) is 6.60. The number of aryl methyl sites for hydroxylation is 1. The lowest BCUT2D eigenvalue weighted by Crippen LogP contribution is -2.29. The first-order valence-electron chi connectivity index (χ1n) is 6.50. The number of benzene rings is 1. The van der Waals surface area contributed by atoms with Crippen LogP contribution in [0.5, 0.6) is 5.75 Å². The molecule has 0 spiro atoms. The van der Waals surface area contributed by atoms with E-state index >= 15 is 0 Å². The van der Waals surface area contributed by atoms with E-state index in [9.17, 15) is 4.79 Å². The van der Waals surface area contributed by atoms with Crippen LogP contribution in [0.2, 0.25) is 0 Å². The number of amides is 1. The second-order valence-electron chi connectivity index (χ2n) is 4.72. The van der Waals surface area contributed by atoms with Crippen LogP contribution < -0.4 is 20.9 Å². The van der Waals surface area contributed by atoms with E-state index in [1.165, 1.54) is 11.3 Å². The largest absolute Gasteiger partial charge is 0.497 e. The Morgan fingerprint density at radius 1 is 1.38 bits per heavy atom. The Kier molecular flexibility index (Phi) is 4.82. The van der Waals surface area contributed by atoms with Crippen molar-refractivity contribution in [1.82, 2.24) is 5.43 Å². The number of carbonyl (C=O) groups excluding carboxylic acids is 1. The van der Waals surface area contributed by atoms with Gasteiger partial charge in [0.05, 0.1) is 12.0 Å². The molecule has 0 aliphatic rings. The Morgan fingerprint density at radius 2 is 2.05 bits per heavy atom. The van der Waals surface area contributed by atoms with E-state index < -0.39 is 0 Å². The van der Waals surface area contributed by atoms with Crippen LogP contribution in [-0.4, -0.2) is 20.1 Å². The zero-order chi connectivity index (χ0) is 15.4. The molecule has 0 fully saturated rings. The minimum Gasteiger partial charge on any atom is -0.497 e. The Morgan fingerprint density at radius 3 is 2.62 bits per heavy atom. The third-order valence-electron chi connectivity index (χ3n) is 3.30. The minimum absolute atomic E-state index is 0.249. The molecule has 0 bridgehead atoms. The maximum absolute atomic E-state index is 11.6. The normalized spacial score (nSPS) is 10.3. The van der Waals surface area contributed by atoms with Gasteiger partial charge in [0.2, 0.25) is 0 Å². The Labute approximate surface area is 128 Å². The van der Waals surface area contributed by atoms with Crippen molar-refractivity contribution in [2.75, 3.05) is 19.1 Å². The van der Waals surface area contributed by atoms with E-state index in [-0.39, 0.29) is 5.91 Å². The van der Waals surface area contributed by atoms with Crippen molar-refractivity contribution in [3.63, 3.8) is 0 Å². The predicted molar refractivity (Wildman–Crippen MR) is 85.8 cm³/mol. The molecule has 5 nitrogen and oxygen atoms in total. The molecule has 2 aromatic rings. The van der Waals surface area contributed by atoms with Crippen LogP contribution in [0.25, 0.3) is 0 Å². The third kappa shape index (κ3) is 3.53. The van der Waals surface area contributed by atoms with Crippen molar-refractivity contribution in [3.05, 3.63) is 45.6 Å². The number of thiophene rings is 1. The Balaban J connectivity index is 2.13. The number of nitrogens with one attached hydrogen (secondary N) is 1. The van der Waals surface area contributed by atoms with Gasteiger partial charge in [0.15, 0.2) is 0 Å². The molecule has 1 aromatic carbocycles. The molecule has 0 unspecified atom stereocenters. The molecule has 0 atom stereocenters. The van der Waals surface area contributed by atoms with Crippen LogP contribution in [0, 0.1) is 6.92 Å². The average molecular weight is 305 g/mol. The fraction of sp³-hybridized carbons (Fsp3) is 0.267. The summed E-state index contributed by atoms with van der Waals surface area (Å²) in [6.07, 6.45) is 0. The summed E-state index contributed by atoms with van der Waals surface area (Å²) < 4.78 is 5.16. The molecule has 0 saturated heterocycles. The van der Waals surface area contributed by atoms with Gasteiger partial charge in [-0.25, -0.2) is 5.84 Å². The second-order valence-corrected chi connectivity index (χ2v) is 5.98. The summed E-state index contributed by atoms with van der Waals surface area (Å²) in [6.45, 7) is 2.74. The van der Waals surface area contributed by atoms with Crippen LogP contribution >= 0.6 is 11.3 Å². The standard InChI is InChI=1S/C15H19N3O2S/c1-10-11(8-14(21-10)15(19)17-16)9-18(2)12-4-6-13(20-3)7-5-12/h4-8H,9,16H2,1-3H3,(H,17,19). The van der Waals surface area contributed by atoms with Gasteiger partial charge in [-0.3, -0.25) is 10.2 Å². The molecule has 0 aliphatic heterocycles. The van der Waals surface area contributed by atoms with Gasteiger partial charge in [0.25, 0.3) is 5.91 Å². The zero-order valence-electron chi connectivity index (χ0n) is 12.3. The predicted octanol–water partition coefficient (Wildman–Crippen LogP) is 2.31. The topological polar surface area (TPSA) is 67.6 Å². The lowest BCUT2D eigenvalue weighted by atomic mass is 10.2. The molecule has 0 radical (unpaired) electrons. The first-order valence-corrected chi connectivity index (χ1v) is 7.32. The highest BCUT2D eigenvalue weighted by atomic mass is 32.1. The van der Waals surface area contributed by atoms with Gasteiger partial charge >= 0.3 is 0 Å². The molecule has 3 N–H and O–H groups in total. The maximum Gasteiger partial charge on any atom is 0.275 e. The van der Waals surface area contributed by atoms with Crippen LogP contribution in [0.3, 0.4) is 0 Å². The summed E-state index contributed by atoms with van der Waals surface area (Å²) in [4.78, 5) is 15.4. The summed E-state index contributed by atoms with van der Waals surface area (Å²) in [6, 6.07) is 9.77. The molecule has 1 aromatic heterocycles. The number of anilines is 1. The summed E-state index contributed by atoms with van der Waals surface area (Å²) in [7, 11) is 3.67. The summed E-state index contributed by atoms with van der Waals surface area (Å²) >= 11 is 1.45. The Bertz CT molecular complexity index is 622. The van der Waals surface area contributed by atoms with E-state index in [1.54, 1.807) is 7.11 Å². The molecule has 1 amide bonds. The van der Waals surface area contributed by atoms with E-state index in [4.69, 9.17) is 10.6 Å². The van der Waals surface area contributed by atoms with Gasteiger partial charge in [-0.1, -0.05) is 0 Å². The highest BCUT2D eigenvalue weighted by Crippen LogP contribution is 2.25. The van der Waals surface area contributed by atoms with Crippen molar-refractivity contribution >= 4 is 22.9 Å². The lowest BCUT2D eigenvalue weighted by Gasteiger charge is -2.19. The van der Waals surface area contributed by atoms with Gasteiger partial charge in [-0.05, 0) is 42.8 Å². The summed E-state index contributed by atoms with van der Waals surface area (Å²) in [5.41, 5.74) is 4.37. The molecule has 112 valence electrons. The number of rotatable bonds is 5. The van der Waals surface area contributed by atoms with Gasteiger partial charge in [-0.2, -0.15) is 0 Å². The SMILES string of the molecule is COc1ccc(N(C)Cc2cc(C(=O)NN)sc2C)cc1. The summed E-state index contributed by atoms with van der Waals surface area (Å²) in [5, 5.41) is 0. The monoisotopic (exact) mass is 305 g/mol. The van der Waals surface area contributed by atoms with E-state index in [0.717, 1.165) is 28.4 Å². The Hall–Kier alpha value is -2.05. The van der Waals surface area contributed by atoms with Crippen LogP contribution in [0.15, 0.2) is 30.3 Å². The first kappa shape index (κ1) is 15.3. The molecule has 0 aliphatic carbocycles. The highest BCUT2D eigenvalue weighted by Gasteiger charge is 2.13. The lowest BCUT2D eigenvalue weighted by molar-refractivity contribution is 0.0957. The van der Waals surface area contributed by atoms with Crippen LogP contribution in [0.4, 0.5) is 5.69 Å². The summed E-state index contributed by atoms with van der Waals surface area (Å²) in [5.74, 6) is 5.75. The fourth-order valence-corrected chi connectivity index (χ4v) is 2.98. The highest BCUT2D eigenvalue weighted by molar-refractivity contribution is 7.14. The number of nitrogens with two attached hydrogens (primary N) is 1.